The largest absolute Gasteiger partial charge is 0.478 e. The first kappa shape index (κ1) is 20.7. The van der Waals surface area contributed by atoms with Crippen molar-refractivity contribution in [2.24, 2.45) is 0 Å². The van der Waals surface area contributed by atoms with Crippen LogP contribution in [0.1, 0.15) is 67.2 Å². The smallest absolute Gasteiger partial charge is 0.336 e. The molecule has 29 heavy (non-hydrogen) atoms. The van der Waals surface area contributed by atoms with Crippen molar-refractivity contribution < 1.29 is 9.90 Å². The van der Waals surface area contributed by atoms with Gasteiger partial charge in [-0.2, -0.15) is 5.10 Å². The topological polar surface area (TPSA) is 80.9 Å². The molecule has 1 N–H and O–H groups in total. The van der Waals surface area contributed by atoms with E-state index in [1.807, 2.05) is 28.9 Å². The van der Waals surface area contributed by atoms with E-state index in [0.717, 1.165) is 61.6 Å². The molecule has 1 aromatic carbocycles. The van der Waals surface area contributed by atoms with Crippen LogP contribution in [-0.2, 0) is 19.4 Å². The summed E-state index contributed by atoms with van der Waals surface area (Å²) in [6.07, 6.45) is 7.65. The minimum Gasteiger partial charge on any atom is -0.478 e. The summed E-state index contributed by atoms with van der Waals surface area (Å²) in [6, 6.07) is 10.9. The Balaban J connectivity index is 1.81. The van der Waals surface area contributed by atoms with Crippen molar-refractivity contribution >= 4 is 5.97 Å². The predicted molar refractivity (Wildman–Crippen MR) is 113 cm³/mol. The van der Waals surface area contributed by atoms with E-state index in [-0.39, 0.29) is 5.56 Å². The first-order valence-electron chi connectivity index (χ1n) is 10.3. The zero-order valence-corrected chi connectivity index (χ0v) is 17.1. The van der Waals surface area contributed by atoms with Crippen LogP contribution in [0.15, 0.2) is 42.6 Å². The van der Waals surface area contributed by atoms with Gasteiger partial charge >= 0.3 is 5.97 Å². The molecule has 0 saturated carbocycles. The Hall–Kier alpha value is -3.02. The van der Waals surface area contributed by atoms with Crippen LogP contribution in [0.25, 0.3) is 11.1 Å². The van der Waals surface area contributed by atoms with Gasteiger partial charge in [0.05, 0.1) is 5.56 Å². The molecule has 152 valence electrons. The van der Waals surface area contributed by atoms with Crippen molar-refractivity contribution in [2.45, 2.75) is 58.9 Å². The summed E-state index contributed by atoms with van der Waals surface area (Å²) < 4.78 is 2.02. The third-order valence-electron chi connectivity index (χ3n) is 4.90. The van der Waals surface area contributed by atoms with Gasteiger partial charge in [0.1, 0.15) is 5.82 Å². The van der Waals surface area contributed by atoms with Crippen LogP contribution >= 0.6 is 0 Å². The molecule has 3 aromatic rings. The average Bonchev–Trinajstić information content (AvgIpc) is 3.12. The van der Waals surface area contributed by atoms with E-state index in [1.54, 1.807) is 18.3 Å². The van der Waals surface area contributed by atoms with Gasteiger partial charge in [0, 0.05) is 36.8 Å². The molecule has 0 atom stereocenters. The molecule has 0 amide bonds. The number of benzene rings is 1. The minimum absolute atomic E-state index is 0.280. The molecule has 0 radical (unpaired) electrons. The highest BCUT2D eigenvalue weighted by atomic mass is 16.4. The quantitative estimate of drug-likeness (QED) is 0.537. The molecule has 0 aliphatic rings. The van der Waals surface area contributed by atoms with E-state index in [1.165, 1.54) is 0 Å². The maximum absolute atomic E-state index is 11.5. The van der Waals surface area contributed by atoms with Crippen molar-refractivity contribution in [3.8, 4) is 11.1 Å². The highest BCUT2D eigenvalue weighted by molar-refractivity contribution is 5.95. The SMILES string of the molecule is CCCCc1nc(Cc2ccc(-c3ccccc3C(=O)O)cn2)n(CCCC)n1. The molecule has 2 aromatic heterocycles. The van der Waals surface area contributed by atoms with Gasteiger partial charge in [0.15, 0.2) is 5.82 Å². The Kier molecular flexibility index (Phi) is 7.11. The van der Waals surface area contributed by atoms with Crippen LogP contribution in [0.3, 0.4) is 0 Å². The third kappa shape index (κ3) is 5.28. The maximum atomic E-state index is 11.5. The Bertz CT molecular complexity index is 948. The highest BCUT2D eigenvalue weighted by Crippen LogP contribution is 2.23. The van der Waals surface area contributed by atoms with E-state index in [9.17, 15) is 9.90 Å². The van der Waals surface area contributed by atoms with Gasteiger partial charge in [-0.3, -0.25) is 4.98 Å². The first-order valence-corrected chi connectivity index (χ1v) is 10.3. The van der Waals surface area contributed by atoms with E-state index < -0.39 is 5.97 Å². The van der Waals surface area contributed by atoms with Crippen molar-refractivity contribution in [3.63, 3.8) is 0 Å². The number of hydrogen-bond donors (Lipinski definition) is 1. The Morgan fingerprint density at radius 1 is 1.07 bits per heavy atom. The minimum atomic E-state index is -0.937. The monoisotopic (exact) mass is 392 g/mol. The summed E-state index contributed by atoms with van der Waals surface area (Å²) in [4.78, 5) is 20.8. The van der Waals surface area contributed by atoms with Crippen LogP contribution < -0.4 is 0 Å². The molecule has 6 nitrogen and oxygen atoms in total. The summed E-state index contributed by atoms with van der Waals surface area (Å²) in [5.74, 6) is 0.911. The summed E-state index contributed by atoms with van der Waals surface area (Å²) >= 11 is 0. The van der Waals surface area contributed by atoms with Gasteiger partial charge < -0.3 is 5.11 Å². The lowest BCUT2D eigenvalue weighted by molar-refractivity contribution is 0.0697. The zero-order chi connectivity index (χ0) is 20.6. The number of pyridine rings is 1. The van der Waals surface area contributed by atoms with Gasteiger partial charge in [-0.15, -0.1) is 0 Å². The van der Waals surface area contributed by atoms with Gasteiger partial charge in [-0.1, -0.05) is 51.0 Å². The number of carboxylic acid groups (broad SMARTS) is 1. The number of nitrogens with zero attached hydrogens (tertiary/aromatic N) is 4. The van der Waals surface area contributed by atoms with Gasteiger partial charge in [-0.05, 0) is 30.5 Å². The second-order valence-corrected chi connectivity index (χ2v) is 7.19. The number of rotatable bonds is 10. The molecular weight excluding hydrogens is 364 g/mol. The molecular formula is C23H28N4O2. The molecule has 2 heterocycles. The number of carbonyl (C=O) groups is 1. The van der Waals surface area contributed by atoms with Crippen LogP contribution in [0.2, 0.25) is 0 Å². The van der Waals surface area contributed by atoms with Crippen LogP contribution in [0.5, 0.6) is 0 Å². The number of carboxylic acids is 1. The predicted octanol–water partition coefficient (Wildman–Crippen LogP) is 4.77. The Morgan fingerprint density at radius 2 is 1.86 bits per heavy atom. The van der Waals surface area contributed by atoms with Crippen molar-refractivity contribution in [2.75, 3.05) is 0 Å². The molecule has 6 heteroatoms. The number of unbranched alkanes of at least 4 members (excludes halogenated alkanes) is 2. The fraction of sp³-hybridized carbons (Fsp3) is 0.391. The lowest BCUT2D eigenvalue weighted by Gasteiger charge is -2.08. The molecule has 0 aliphatic carbocycles. The molecule has 3 rings (SSSR count). The number of aryl methyl sites for hydroxylation is 2. The Morgan fingerprint density at radius 3 is 2.55 bits per heavy atom. The van der Waals surface area contributed by atoms with Crippen molar-refractivity contribution in [1.29, 1.82) is 0 Å². The summed E-state index contributed by atoms with van der Waals surface area (Å²) in [5, 5.41) is 14.1. The molecule has 0 bridgehead atoms. The van der Waals surface area contributed by atoms with Crippen LogP contribution in [-0.4, -0.2) is 30.8 Å². The lowest BCUT2D eigenvalue weighted by atomic mass is 10.0. The van der Waals surface area contributed by atoms with E-state index >= 15 is 0 Å². The lowest BCUT2D eigenvalue weighted by Crippen LogP contribution is -2.07. The van der Waals surface area contributed by atoms with Crippen LogP contribution in [0, 0.1) is 0 Å². The molecule has 0 aliphatic heterocycles. The van der Waals surface area contributed by atoms with Gasteiger partial charge in [0.2, 0.25) is 0 Å². The number of aromatic carboxylic acids is 1. The number of hydrogen-bond acceptors (Lipinski definition) is 4. The van der Waals surface area contributed by atoms with Crippen LogP contribution in [0.4, 0.5) is 0 Å². The number of aromatic nitrogens is 4. The third-order valence-corrected chi connectivity index (χ3v) is 4.90. The van der Waals surface area contributed by atoms with E-state index in [0.29, 0.717) is 12.0 Å². The van der Waals surface area contributed by atoms with Crippen molar-refractivity contribution in [1.82, 2.24) is 19.7 Å². The van der Waals surface area contributed by atoms with Gasteiger partial charge in [-0.25, -0.2) is 14.5 Å². The zero-order valence-electron chi connectivity index (χ0n) is 17.1. The summed E-state index contributed by atoms with van der Waals surface area (Å²) in [5.41, 5.74) is 2.64. The normalized spacial score (nSPS) is 11.0. The molecule has 0 saturated heterocycles. The second kappa shape index (κ2) is 9.96. The van der Waals surface area contributed by atoms with Crippen molar-refractivity contribution in [3.05, 3.63) is 65.5 Å². The second-order valence-electron chi connectivity index (χ2n) is 7.19. The fourth-order valence-electron chi connectivity index (χ4n) is 3.26. The average molecular weight is 393 g/mol. The maximum Gasteiger partial charge on any atom is 0.336 e. The Labute approximate surface area is 171 Å². The highest BCUT2D eigenvalue weighted by Gasteiger charge is 2.13. The molecule has 0 fully saturated rings. The summed E-state index contributed by atoms with van der Waals surface area (Å²) in [7, 11) is 0. The van der Waals surface area contributed by atoms with E-state index in [2.05, 4.69) is 18.8 Å². The molecule has 0 unspecified atom stereocenters. The van der Waals surface area contributed by atoms with E-state index in [4.69, 9.17) is 10.1 Å². The first-order chi connectivity index (χ1) is 14.1. The molecule has 0 spiro atoms. The fourth-order valence-corrected chi connectivity index (χ4v) is 3.26. The van der Waals surface area contributed by atoms with Gasteiger partial charge in [0.25, 0.3) is 0 Å². The standard InChI is InChI=1S/C23H28N4O2/c1-3-5-11-21-25-22(27(26-21)14-6-4-2)15-18-13-12-17(16-24-18)19-9-7-8-10-20(19)23(28)29/h7-10,12-13,16H,3-6,11,14-15H2,1-2H3,(H,28,29). The summed E-state index contributed by atoms with van der Waals surface area (Å²) in [6.45, 7) is 5.21.